The van der Waals surface area contributed by atoms with Gasteiger partial charge >= 0.3 is 6.09 Å². The predicted octanol–water partition coefficient (Wildman–Crippen LogP) is 3.88. The van der Waals surface area contributed by atoms with Crippen molar-refractivity contribution in [3.05, 3.63) is 70.2 Å². The van der Waals surface area contributed by atoms with E-state index in [1.807, 2.05) is 29.2 Å². The van der Waals surface area contributed by atoms with Gasteiger partial charge in [-0.2, -0.15) is 4.98 Å². The van der Waals surface area contributed by atoms with E-state index >= 15 is 0 Å². The lowest BCUT2D eigenvalue weighted by Gasteiger charge is -2.37. The van der Waals surface area contributed by atoms with Crippen LogP contribution >= 0.6 is 0 Å². The Balaban J connectivity index is 1.20. The maximum atomic E-state index is 13.6. The average molecular weight is 581 g/mol. The van der Waals surface area contributed by atoms with Gasteiger partial charge in [-0.3, -0.25) is 9.69 Å². The minimum atomic E-state index is -0.313. The molecule has 4 aromatic rings. The van der Waals surface area contributed by atoms with Gasteiger partial charge in [0.25, 0.3) is 5.56 Å². The van der Waals surface area contributed by atoms with Crippen molar-refractivity contribution >= 4 is 34.6 Å². The molecule has 1 amide bonds. The summed E-state index contributed by atoms with van der Waals surface area (Å²) in [6, 6.07) is 10.0. The Kier molecular flexibility index (Phi) is 5.92. The van der Waals surface area contributed by atoms with Crippen molar-refractivity contribution in [2.75, 3.05) is 43.6 Å². The molecule has 1 saturated carbocycles. The van der Waals surface area contributed by atoms with E-state index in [2.05, 4.69) is 33.4 Å². The van der Waals surface area contributed by atoms with Crippen molar-refractivity contribution in [3.63, 3.8) is 0 Å². The summed E-state index contributed by atoms with van der Waals surface area (Å²) >= 11 is 0. The largest absolute Gasteiger partial charge is 0.488 e. The first kappa shape index (κ1) is 25.8. The molecule has 0 atom stereocenters. The van der Waals surface area contributed by atoms with Gasteiger partial charge in [-0.1, -0.05) is 18.2 Å². The second-order valence-electron chi connectivity index (χ2n) is 11.5. The quantitative estimate of drug-likeness (QED) is 0.352. The Morgan fingerprint density at radius 3 is 2.86 bits per heavy atom. The molecule has 12 nitrogen and oxygen atoms in total. The molecule has 1 spiro atoms. The summed E-state index contributed by atoms with van der Waals surface area (Å²) in [6.45, 7) is 3.30. The number of benzene rings is 1. The molecule has 1 N–H and O–H groups in total. The molecule has 3 aliphatic heterocycles. The van der Waals surface area contributed by atoms with Crippen LogP contribution in [-0.4, -0.2) is 68.7 Å². The van der Waals surface area contributed by atoms with Gasteiger partial charge < -0.3 is 19.7 Å². The highest BCUT2D eigenvalue weighted by Crippen LogP contribution is 2.54. The maximum Gasteiger partial charge on any atom is 0.410 e. The number of amides is 1. The molecule has 43 heavy (non-hydrogen) atoms. The Hall–Kier alpha value is -4.87. The molecular weight excluding hydrogens is 548 g/mol. The van der Waals surface area contributed by atoms with Crippen LogP contribution in [0.25, 0.3) is 16.9 Å². The number of hydrogen-bond acceptors (Lipinski definition) is 9. The highest BCUT2D eigenvalue weighted by atomic mass is 16.5. The van der Waals surface area contributed by atoms with E-state index in [4.69, 9.17) is 19.4 Å². The molecule has 0 saturated heterocycles. The first-order valence-corrected chi connectivity index (χ1v) is 14.8. The molecular formula is C31H32N8O4. The molecule has 0 unspecified atom stereocenters. The van der Waals surface area contributed by atoms with E-state index in [1.165, 1.54) is 12.7 Å². The molecule has 1 aromatic carbocycles. The van der Waals surface area contributed by atoms with Crippen LogP contribution in [0.4, 0.5) is 22.2 Å². The third-order valence-corrected chi connectivity index (χ3v) is 8.99. The van der Waals surface area contributed by atoms with Crippen molar-refractivity contribution < 1.29 is 14.3 Å². The molecule has 8 rings (SSSR count). The Bertz CT molecular complexity index is 1860. The second kappa shape index (κ2) is 9.85. The molecule has 1 aliphatic carbocycles. The van der Waals surface area contributed by atoms with E-state index in [0.29, 0.717) is 42.5 Å². The van der Waals surface area contributed by atoms with Gasteiger partial charge in [0, 0.05) is 25.0 Å². The summed E-state index contributed by atoms with van der Waals surface area (Å²) < 4.78 is 14.4. The number of ether oxygens (including phenoxy) is 2. The smallest absolute Gasteiger partial charge is 0.410 e. The topological polar surface area (TPSA) is 120 Å². The number of fused-ring (bicyclic) bond motifs is 7. The zero-order valence-electron chi connectivity index (χ0n) is 24.0. The number of nitrogens with one attached hydrogen (secondary N) is 1. The van der Waals surface area contributed by atoms with E-state index in [1.54, 1.807) is 15.6 Å². The average Bonchev–Trinajstić information content (AvgIpc) is 3.76. The summed E-state index contributed by atoms with van der Waals surface area (Å²) in [5.74, 6) is 2.48. The van der Waals surface area contributed by atoms with Crippen molar-refractivity contribution in [1.29, 1.82) is 0 Å². The van der Waals surface area contributed by atoms with Crippen LogP contribution in [-0.2, 0) is 23.2 Å². The Labute approximate surface area is 247 Å². The van der Waals surface area contributed by atoms with Gasteiger partial charge in [0.2, 0.25) is 5.95 Å². The van der Waals surface area contributed by atoms with Gasteiger partial charge in [0.15, 0.2) is 23.0 Å². The number of allylic oxidation sites excluding steroid dienone is 2. The van der Waals surface area contributed by atoms with Crippen LogP contribution in [0, 0.1) is 0 Å². The van der Waals surface area contributed by atoms with Gasteiger partial charge in [0.05, 0.1) is 25.7 Å². The summed E-state index contributed by atoms with van der Waals surface area (Å²) in [7, 11) is 1.43. The minimum absolute atomic E-state index is 0.178. The predicted molar refractivity (Wildman–Crippen MR) is 160 cm³/mol. The van der Waals surface area contributed by atoms with Crippen LogP contribution in [0.1, 0.15) is 36.8 Å². The number of pyridine rings is 1. The minimum Gasteiger partial charge on any atom is -0.488 e. The molecule has 220 valence electrons. The Morgan fingerprint density at radius 1 is 1.09 bits per heavy atom. The highest BCUT2D eigenvalue weighted by Gasteiger charge is 2.54. The fraction of sp³-hybridized carbons (Fsp3) is 0.387. The molecule has 0 radical (unpaired) electrons. The molecule has 3 aromatic heterocycles. The second-order valence-corrected chi connectivity index (χ2v) is 11.5. The molecule has 6 heterocycles. The van der Waals surface area contributed by atoms with Crippen molar-refractivity contribution in [3.8, 4) is 11.6 Å². The Morgan fingerprint density at radius 2 is 2.00 bits per heavy atom. The number of carbonyl (C=O) groups is 1. The van der Waals surface area contributed by atoms with Crippen LogP contribution in [0.3, 0.4) is 0 Å². The third-order valence-electron chi connectivity index (χ3n) is 8.99. The van der Waals surface area contributed by atoms with E-state index < -0.39 is 0 Å². The lowest BCUT2D eigenvalue weighted by molar-refractivity contribution is 0.0934. The van der Waals surface area contributed by atoms with Gasteiger partial charge in [0.1, 0.15) is 12.0 Å². The fourth-order valence-corrected chi connectivity index (χ4v) is 6.71. The van der Waals surface area contributed by atoms with Gasteiger partial charge in [-0.05, 0) is 67.5 Å². The van der Waals surface area contributed by atoms with E-state index in [-0.39, 0.29) is 17.2 Å². The molecule has 4 aliphatic rings. The highest BCUT2D eigenvalue weighted by molar-refractivity contribution is 5.77. The monoisotopic (exact) mass is 580 g/mol. The van der Waals surface area contributed by atoms with E-state index in [9.17, 15) is 9.59 Å². The number of aromatic nitrogens is 5. The number of nitrogens with zero attached hydrogens (tertiary/aromatic N) is 7. The first-order chi connectivity index (χ1) is 21.1. The molecule has 1 fully saturated rings. The number of hydrogen-bond donors (Lipinski definition) is 1. The fourth-order valence-electron chi connectivity index (χ4n) is 6.71. The lowest BCUT2D eigenvalue weighted by Crippen LogP contribution is -2.45. The zero-order chi connectivity index (χ0) is 29.1. The summed E-state index contributed by atoms with van der Waals surface area (Å²) in [5, 5.41) is 3.77. The first-order valence-electron chi connectivity index (χ1n) is 14.8. The summed E-state index contributed by atoms with van der Waals surface area (Å²) in [5.41, 5.74) is 3.17. The van der Waals surface area contributed by atoms with Crippen LogP contribution in [0.15, 0.2) is 53.5 Å². The SMILES string of the molecule is COC(=O)N1CCc2ccc(Nc3ncc4c(=O)n5n(c4n3)-c3ccc4c(n3)N(CCC/C=C\C5)CCO4)cc2C12CC2. The summed E-state index contributed by atoms with van der Waals surface area (Å²) in [4.78, 5) is 44.6. The maximum absolute atomic E-state index is 13.6. The third kappa shape index (κ3) is 4.15. The summed E-state index contributed by atoms with van der Waals surface area (Å²) in [6.07, 6.45) is 9.94. The molecule has 2 bridgehead atoms. The lowest BCUT2D eigenvalue weighted by atomic mass is 9.90. The number of rotatable bonds is 2. The molecule has 12 heteroatoms. The van der Waals surface area contributed by atoms with E-state index in [0.717, 1.165) is 68.0 Å². The van der Waals surface area contributed by atoms with Crippen molar-refractivity contribution in [1.82, 2.24) is 29.2 Å². The normalized spacial score (nSPS) is 19.0. The van der Waals surface area contributed by atoms with Crippen LogP contribution in [0.2, 0.25) is 0 Å². The number of methoxy groups -OCH3 is 1. The van der Waals surface area contributed by atoms with Gasteiger partial charge in [-0.15, -0.1) is 0 Å². The van der Waals surface area contributed by atoms with Crippen LogP contribution < -0.4 is 20.5 Å². The van der Waals surface area contributed by atoms with Crippen molar-refractivity contribution in [2.24, 2.45) is 0 Å². The number of carbonyl (C=O) groups excluding carboxylic acids is 1. The zero-order valence-corrected chi connectivity index (χ0v) is 24.0. The van der Waals surface area contributed by atoms with Crippen molar-refractivity contribution in [2.45, 2.75) is 44.2 Å². The number of anilines is 3. The van der Waals surface area contributed by atoms with Gasteiger partial charge in [-0.25, -0.2) is 24.1 Å². The van der Waals surface area contributed by atoms with Crippen LogP contribution in [0.5, 0.6) is 5.75 Å². The standard InChI is InChI=1S/C31H32N8O4/c1-42-30(41)37-15-10-20-6-7-21(18-23(20)31(37)11-12-31)33-29-32-19-22-26(35-29)39-25-9-8-24-27(34-25)36(16-17-43-24)13-4-2-3-5-14-38(39)28(22)40/h3,5-9,18-19H,2,4,10-17H2,1H3,(H,32,33,35)/b5-3-.